The smallest absolute Gasteiger partial charge is 0.238 e. The summed E-state index contributed by atoms with van der Waals surface area (Å²) in [5.74, 6) is -1.35. The lowest BCUT2D eigenvalue weighted by atomic mass is 10.2. The normalized spacial score (nSPS) is 18.6. The number of rotatable bonds is 4. The Morgan fingerprint density at radius 3 is 2.33 bits per heavy atom. The molecule has 0 bridgehead atoms. The van der Waals surface area contributed by atoms with Gasteiger partial charge in [-0.05, 0) is 55.5 Å². The lowest BCUT2D eigenvalue weighted by Crippen LogP contribution is -2.45. The molecular formula is C19H17F2N3O2S. The van der Waals surface area contributed by atoms with Crippen molar-refractivity contribution in [1.29, 1.82) is 0 Å². The van der Waals surface area contributed by atoms with E-state index in [9.17, 15) is 18.4 Å². The van der Waals surface area contributed by atoms with E-state index in [-0.39, 0.29) is 24.1 Å². The molecule has 140 valence electrons. The van der Waals surface area contributed by atoms with E-state index in [0.29, 0.717) is 23.1 Å². The number of hydrogen-bond donors (Lipinski definition) is 1. The minimum atomic E-state index is -0.662. The summed E-state index contributed by atoms with van der Waals surface area (Å²) in [6, 6.07) is 11.0. The molecule has 1 fully saturated rings. The summed E-state index contributed by atoms with van der Waals surface area (Å²) in [7, 11) is 0. The predicted molar refractivity (Wildman–Crippen MR) is 102 cm³/mol. The van der Waals surface area contributed by atoms with Crippen LogP contribution >= 0.6 is 11.8 Å². The first-order chi connectivity index (χ1) is 13.0. The second-order valence-corrected chi connectivity index (χ2v) is 6.99. The molecule has 2 aromatic carbocycles. The minimum Gasteiger partial charge on any atom is -0.325 e. The second kappa shape index (κ2) is 8.30. The quantitative estimate of drug-likeness (QED) is 0.861. The first-order valence-electron chi connectivity index (χ1n) is 8.34. The monoisotopic (exact) mass is 389 g/mol. The maximum Gasteiger partial charge on any atom is 0.238 e. The van der Waals surface area contributed by atoms with E-state index in [2.05, 4.69) is 10.3 Å². The molecule has 8 heteroatoms. The lowest BCUT2D eigenvalue weighted by molar-refractivity contribution is -0.129. The molecular weight excluding hydrogens is 372 g/mol. The summed E-state index contributed by atoms with van der Waals surface area (Å²) in [5.41, 5.74) is 0.939. The van der Waals surface area contributed by atoms with Crippen LogP contribution < -0.4 is 5.32 Å². The van der Waals surface area contributed by atoms with Gasteiger partial charge >= 0.3 is 0 Å². The van der Waals surface area contributed by atoms with E-state index in [4.69, 9.17) is 0 Å². The Hall–Kier alpha value is -2.74. The van der Waals surface area contributed by atoms with Gasteiger partial charge < -0.3 is 5.32 Å². The Morgan fingerprint density at radius 1 is 1.15 bits per heavy atom. The first-order valence-corrected chi connectivity index (χ1v) is 9.22. The fourth-order valence-corrected chi connectivity index (χ4v) is 3.70. The highest BCUT2D eigenvalue weighted by molar-refractivity contribution is 8.15. The molecule has 1 aliphatic heterocycles. The van der Waals surface area contributed by atoms with Crippen molar-refractivity contribution in [1.82, 2.24) is 4.90 Å². The number of halogens is 2. The average molecular weight is 389 g/mol. The zero-order valence-corrected chi connectivity index (χ0v) is 15.3. The van der Waals surface area contributed by atoms with Crippen molar-refractivity contribution in [2.45, 2.75) is 18.6 Å². The first kappa shape index (κ1) is 19.0. The van der Waals surface area contributed by atoms with Crippen LogP contribution in [0.2, 0.25) is 0 Å². The number of nitrogens with zero attached hydrogens (tertiary/aromatic N) is 2. The number of hydrogen-bond acceptors (Lipinski definition) is 4. The van der Waals surface area contributed by atoms with Crippen LogP contribution in [0.1, 0.15) is 13.3 Å². The number of amidine groups is 1. The van der Waals surface area contributed by atoms with Crippen LogP contribution in [0.5, 0.6) is 0 Å². The number of amides is 2. The van der Waals surface area contributed by atoms with Gasteiger partial charge in [0.05, 0.1) is 5.69 Å². The molecule has 2 amide bonds. The van der Waals surface area contributed by atoms with Gasteiger partial charge in [-0.2, -0.15) is 0 Å². The molecule has 0 aliphatic carbocycles. The highest BCUT2D eigenvalue weighted by Crippen LogP contribution is 2.29. The van der Waals surface area contributed by atoms with Gasteiger partial charge in [-0.15, -0.1) is 0 Å². The number of nitrogens with one attached hydrogen (secondary N) is 1. The van der Waals surface area contributed by atoms with E-state index >= 15 is 0 Å². The van der Waals surface area contributed by atoms with Crippen LogP contribution in [0, 0.1) is 11.6 Å². The molecule has 5 nitrogen and oxygen atoms in total. The molecule has 0 radical (unpaired) electrons. The third-order valence-corrected chi connectivity index (χ3v) is 5.10. The maximum absolute atomic E-state index is 13.1. The number of anilines is 1. The van der Waals surface area contributed by atoms with Crippen molar-refractivity contribution in [3.63, 3.8) is 0 Å². The van der Waals surface area contributed by atoms with Crippen LogP contribution in [0.15, 0.2) is 53.5 Å². The van der Waals surface area contributed by atoms with Gasteiger partial charge in [-0.25, -0.2) is 13.8 Å². The molecule has 1 heterocycles. The molecule has 1 atom stereocenters. The molecule has 1 unspecified atom stereocenters. The van der Waals surface area contributed by atoms with Gasteiger partial charge in [0.25, 0.3) is 0 Å². The zero-order valence-electron chi connectivity index (χ0n) is 14.5. The van der Waals surface area contributed by atoms with Crippen molar-refractivity contribution in [3.05, 3.63) is 60.2 Å². The lowest BCUT2D eigenvalue weighted by Gasteiger charge is -2.30. The molecule has 2 aromatic rings. The van der Waals surface area contributed by atoms with Crippen LogP contribution in [0.3, 0.4) is 0 Å². The predicted octanol–water partition coefficient (Wildman–Crippen LogP) is 3.95. The Balaban J connectivity index is 1.79. The van der Waals surface area contributed by atoms with Gasteiger partial charge in [0.2, 0.25) is 11.8 Å². The number of thioether (sulfide) groups is 1. The van der Waals surface area contributed by atoms with E-state index < -0.39 is 11.1 Å². The molecule has 1 aliphatic rings. The molecule has 0 aromatic heterocycles. The standard InChI is InChI=1S/C19H17F2N3O2S/c1-2-24-17(25)11-16(18(26)22-14-7-3-12(20)4-8-14)27-19(24)23-15-9-5-13(21)6-10-15/h3-10,16H,2,11H2,1H3,(H,22,26). The number of carbonyl (C=O) groups is 2. The van der Waals surface area contributed by atoms with Crippen molar-refractivity contribution in [3.8, 4) is 0 Å². The average Bonchev–Trinajstić information content (AvgIpc) is 2.65. The SMILES string of the molecule is CCN1C(=O)CC(C(=O)Nc2ccc(F)cc2)SC1=Nc1ccc(F)cc1. The fraction of sp³-hybridized carbons (Fsp3) is 0.211. The summed E-state index contributed by atoms with van der Waals surface area (Å²) >= 11 is 1.17. The van der Waals surface area contributed by atoms with Crippen LogP contribution in [0.4, 0.5) is 20.2 Å². The maximum atomic E-state index is 13.1. The highest BCUT2D eigenvalue weighted by Gasteiger charge is 2.35. The van der Waals surface area contributed by atoms with Crippen molar-refractivity contribution in [2.24, 2.45) is 4.99 Å². The van der Waals surface area contributed by atoms with Crippen molar-refractivity contribution < 1.29 is 18.4 Å². The highest BCUT2D eigenvalue weighted by atomic mass is 32.2. The summed E-state index contributed by atoms with van der Waals surface area (Å²) in [6.07, 6.45) is 0.0357. The molecule has 1 saturated heterocycles. The Morgan fingerprint density at radius 2 is 1.74 bits per heavy atom. The van der Waals surface area contributed by atoms with E-state index in [1.54, 1.807) is 0 Å². The summed E-state index contributed by atoms with van der Waals surface area (Å²) in [5, 5.41) is 2.41. The van der Waals surface area contributed by atoms with Gasteiger partial charge in [-0.1, -0.05) is 11.8 Å². The molecule has 0 spiro atoms. The number of aliphatic imine (C=N–C) groups is 1. The van der Waals surface area contributed by atoms with Gasteiger partial charge in [-0.3, -0.25) is 14.5 Å². The van der Waals surface area contributed by atoms with Crippen LogP contribution in [-0.2, 0) is 9.59 Å². The zero-order chi connectivity index (χ0) is 19.4. The van der Waals surface area contributed by atoms with Gasteiger partial charge in [0.1, 0.15) is 16.9 Å². The van der Waals surface area contributed by atoms with Gasteiger partial charge in [0, 0.05) is 18.7 Å². The van der Waals surface area contributed by atoms with Crippen LogP contribution in [-0.4, -0.2) is 33.7 Å². The Labute approximate surface area is 159 Å². The van der Waals surface area contributed by atoms with Gasteiger partial charge in [0.15, 0.2) is 5.17 Å². The third-order valence-electron chi connectivity index (χ3n) is 3.91. The summed E-state index contributed by atoms with van der Waals surface area (Å²) in [4.78, 5) is 30.9. The third kappa shape index (κ3) is 4.71. The Bertz CT molecular complexity index is 870. The van der Waals surface area contributed by atoms with E-state index in [1.807, 2.05) is 6.92 Å². The van der Waals surface area contributed by atoms with Crippen molar-refractivity contribution in [2.75, 3.05) is 11.9 Å². The van der Waals surface area contributed by atoms with E-state index in [1.165, 1.54) is 65.2 Å². The minimum absolute atomic E-state index is 0.0357. The largest absolute Gasteiger partial charge is 0.325 e. The molecule has 0 saturated carbocycles. The number of benzene rings is 2. The number of carbonyl (C=O) groups excluding carboxylic acids is 2. The molecule has 27 heavy (non-hydrogen) atoms. The molecule has 3 rings (SSSR count). The van der Waals surface area contributed by atoms with Crippen molar-refractivity contribution >= 4 is 40.1 Å². The fourth-order valence-electron chi connectivity index (χ4n) is 2.53. The van der Waals surface area contributed by atoms with Crippen LogP contribution in [0.25, 0.3) is 0 Å². The molecule has 1 N–H and O–H groups in total. The summed E-state index contributed by atoms with van der Waals surface area (Å²) < 4.78 is 26.1. The second-order valence-electron chi connectivity index (χ2n) is 5.82. The summed E-state index contributed by atoms with van der Waals surface area (Å²) in [6.45, 7) is 2.23. The van der Waals surface area contributed by atoms with E-state index in [0.717, 1.165) is 0 Å². The topological polar surface area (TPSA) is 61.8 Å². The Kier molecular flexibility index (Phi) is 5.85.